The molecule has 1 fully saturated rings. The quantitative estimate of drug-likeness (QED) is 0.905. The number of halogens is 1. The van der Waals surface area contributed by atoms with Crippen molar-refractivity contribution in [2.45, 2.75) is 37.4 Å². The van der Waals surface area contributed by atoms with Crippen molar-refractivity contribution in [1.82, 2.24) is 0 Å². The lowest BCUT2D eigenvalue weighted by Gasteiger charge is -2.21. The van der Waals surface area contributed by atoms with Gasteiger partial charge in [-0.3, -0.25) is 0 Å². The van der Waals surface area contributed by atoms with Gasteiger partial charge < -0.3 is 5.32 Å². The van der Waals surface area contributed by atoms with Crippen LogP contribution in [-0.2, 0) is 9.84 Å². The van der Waals surface area contributed by atoms with E-state index in [1.54, 1.807) is 12.1 Å². The second-order valence-corrected chi connectivity index (χ2v) is 7.90. The number of hydrogen-bond acceptors (Lipinski definition) is 3. The van der Waals surface area contributed by atoms with Crippen molar-refractivity contribution in [2.24, 2.45) is 0 Å². The summed E-state index contributed by atoms with van der Waals surface area (Å²) in [5, 5.41) is 3.65. The first kappa shape index (κ1) is 14.7. The maximum absolute atomic E-state index is 12.2. The summed E-state index contributed by atoms with van der Waals surface area (Å²) in [4.78, 5) is 0. The number of sulfone groups is 1. The number of anilines is 1. The molecule has 1 aromatic carbocycles. The molecular formula is C14H20ClNO2S. The zero-order valence-electron chi connectivity index (χ0n) is 10.9. The summed E-state index contributed by atoms with van der Waals surface area (Å²) < 4.78 is 24.4. The lowest BCUT2D eigenvalue weighted by molar-refractivity contribution is 0.484. The van der Waals surface area contributed by atoms with Gasteiger partial charge in [0.05, 0.1) is 11.0 Å². The number of rotatable bonds is 5. The summed E-state index contributed by atoms with van der Waals surface area (Å²) in [6.07, 6.45) is 4.93. The van der Waals surface area contributed by atoms with Gasteiger partial charge in [-0.1, -0.05) is 36.9 Å². The molecule has 0 aliphatic heterocycles. The molecule has 0 aromatic heterocycles. The van der Waals surface area contributed by atoms with Crippen molar-refractivity contribution in [3.63, 3.8) is 0 Å². The van der Waals surface area contributed by atoms with E-state index in [4.69, 9.17) is 11.6 Å². The van der Waals surface area contributed by atoms with Crippen LogP contribution in [0.4, 0.5) is 5.69 Å². The molecule has 5 heteroatoms. The molecule has 0 bridgehead atoms. The van der Waals surface area contributed by atoms with E-state index < -0.39 is 9.84 Å². The van der Waals surface area contributed by atoms with Crippen LogP contribution in [-0.4, -0.2) is 26.0 Å². The monoisotopic (exact) mass is 301 g/mol. The Morgan fingerprint density at radius 3 is 2.63 bits per heavy atom. The van der Waals surface area contributed by atoms with Crippen LogP contribution in [0.3, 0.4) is 0 Å². The molecule has 1 saturated carbocycles. The predicted octanol–water partition coefficient (Wildman–Crippen LogP) is 3.50. The van der Waals surface area contributed by atoms with Gasteiger partial charge >= 0.3 is 0 Å². The van der Waals surface area contributed by atoms with E-state index in [9.17, 15) is 8.42 Å². The standard InChI is InChI=1S/C14H20ClNO2S/c15-12-5-4-6-13(11-12)16-9-10-19(17,18)14-7-2-1-3-8-14/h4-6,11,14,16H,1-3,7-10H2. The lowest BCUT2D eigenvalue weighted by Crippen LogP contribution is -2.29. The molecule has 0 radical (unpaired) electrons. The van der Waals surface area contributed by atoms with E-state index >= 15 is 0 Å². The fourth-order valence-corrected chi connectivity index (χ4v) is 4.49. The first-order valence-electron chi connectivity index (χ1n) is 6.79. The molecule has 0 saturated heterocycles. The largest absolute Gasteiger partial charge is 0.384 e. The summed E-state index contributed by atoms with van der Waals surface area (Å²) in [5.41, 5.74) is 0.867. The van der Waals surface area contributed by atoms with Gasteiger partial charge in [0, 0.05) is 17.3 Å². The Labute approximate surface area is 120 Å². The minimum absolute atomic E-state index is 0.123. The molecule has 0 spiro atoms. The second kappa shape index (κ2) is 6.62. The molecule has 3 nitrogen and oxygen atoms in total. The molecule has 2 rings (SSSR count). The minimum atomic E-state index is -2.96. The third kappa shape index (κ3) is 4.39. The molecule has 0 atom stereocenters. The molecule has 0 unspecified atom stereocenters. The zero-order chi connectivity index (χ0) is 13.7. The highest BCUT2D eigenvalue weighted by Gasteiger charge is 2.26. The van der Waals surface area contributed by atoms with Crippen LogP contribution in [0.2, 0.25) is 5.02 Å². The fraction of sp³-hybridized carbons (Fsp3) is 0.571. The highest BCUT2D eigenvalue weighted by atomic mass is 35.5. The van der Waals surface area contributed by atoms with Crippen molar-refractivity contribution < 1.29 is 8.42 Å². The van der Waals surface area contributed by atoms with E-state index in [-0.39, 0.29) is 11.0 Å². The summed E-state index contributed by atoms with van der Waals surface area (Å²) in [7, 11) is -2.96. The minimum Gasteiger partial charge on any atom is -0.384 e. The van der Waals surface area contributed by atoms with E-state index in [0.717, 1.165) is 31.4 Å². The molecule has 1 aliphatic rings. The normalized spacial score (nSPS) is 17.3. The highest BCUT2D eigenvalue weighted by molar-refractivity contribution is 7.92. The Hall–Kier alpha value is -0.740. The van der Waals surface area contributed by atoms with Crippen molar-refractivity contribution >= 4 is 27.1 Å². The molecule has 1 aliphatic carbocycles. The summed E-state index contributed by atoms with van der Waals surface area (Å²) in [6.45, 7) is 0.444. The van der Waals surface area contributed by atoms with Gasteiger partial charge in [-0.05, 0) is 31.0 Å². The number of hydrogen-bond donors (Lipinski definition) is 1. The topological polar surface area (TPSA) is 46.2 Å². The Morgan fingerprint density at radius 1 is 1.21 bits per heavy atom. The van der Waals surface area contributed by atoms with Gasteiger partial charge in [0.1, 0.15) is 0 Å². The van der Waals surface area contributed by atoms with E-state index in [0.29, 0.717) is 11.6 Å². The van der Waals surface area contributed by atoms with E-state index in [1.165, 1.54) is 6.42 Å². The first-order valence-corrected chi connectivity index (χ1v) is 8.88. The van der Waals surface area contributed by atoms with Crippen molar-refractivity contribution in [1.29, 1.82) is 0 Å². The van der Waals surface area contributed by atoms with Crippen LogP contribution in [0.5, 0.6) is 0 Å². The van der Waals surface area contributed by atoms with Crippen LogP contribution in [0, 0.1) is 0 Å². The summed E-state index contributed by atoms with van der Waals surface area (Å²) in [6, 6.07) is 7.33. The van der Waals surface area contributed by atoms with E-state index in [2.05, 4.69) is 5.32 Å². The SMILES string of the molecule is O=S(=O)(CCNc1cccc(Cl)c1)C1CCCCC1. The smallest absolute Gasteiger partial charge is 0.154 e. The van der Waals surface area contributed by atoms with Crippen molar-refractivity contribution in [2.75, 3.05) is 17.6 Å². The van der Waals surface area contributed by atoms with Crippen LogP contribution in [0.1, 0.15) is 32.1 Å². The Balaban J connectivity index is 1.84. The van der Waals surface area contributed by atoms with Gasteiger partial charge in [0.15, 0.2) is 9.84 Å². The van der Waals surface area contributed by atoms with Crippen molar-refractivity contribution in [3.8, 4) is 0 Å². The van der Waals surface area contributed by atoms with Gasteiger partial charge in [-0.25, -0.2) is 8.42 Å². The molecule has 0 heterocycles. The van der Waals surface area contributed by atoms with Crippen LogP contribution in [0.25, 0.3) is 0 Å². The molecule has 1 N–H and O–H groups in total. The lowest BCUT2D eigenvalue weighted by atomic mass is 10.0. The Bertz CT molecular complexity index is 510. The maximum Gasteiger partial charge on any atom is 0.154 e. The van der Waals surface area contributed by atoms with E-state index in [1.807, 2.05) is 12.1 Å². The van der Waals surface area contributed by atoms with Crippen molar-refractivity contribution in [3.05, 3.63) is 29.3 Å². The summed E-state index contributed by atoms with van der Waals surface area (Å²) in [5.74, 6) is 0.199. The van der Waals surface area contributed by atoms with Gasteiger partial charge in [-0.15, -0.1) is 0 Å². The van der Waals surface area contributed by atoms with Crippen LogP contribution >= 0.6 is 11.6 Å². The molecular weight excluding hydrogens is 282 g/mol. The summed E-state index contributed by atoms with van der Waals surface area (Å²) >= 11 is 5.88. The zero-order valence-corrected chi connectivity index (χ0v) is 12.5. The third-order valence-electron chi connectivity index (χ3n) is 3.60. The maximum atomic E-state index is 12.2. The predicted molar refractivity (Wildman–Crippen MR) is 80.6 cm³/mol. The Kier molecular flexibility index (Phi) is 5.11. The number of nitrogens with one attached hydrogen (secondary N) is 1. The third-order valence-corrected chi connectivity index (χ3v) is 6.10. The van der Waals surface area contributed by atoms with Crippen LogP contribution in [0.15, 0.2) is 24.3 Å². The fourth-order valence-electron chi connectivity index (χ4n) is 2.53. The average Bonchev–Trinajstić information content (AvgIpc) is 2.40. The molecule has 19 heavy (non-hydrogen) atoms. The molecule has 1 aromatic rings. The second-order valence-electron chi connectivity index (χ2n) is 5.06. The van der Waals surface area contributed by atoms with Gasteiger partial charge in [0.25, 0.3) is 0 Å². The number of benzene rings is 1. The highest BCUT2D eigenvalue weighted by Crippen LogP contribution is 2.24. The molecule has 0 amide bonds. The first-order chi connectivity index (χ1) is 9.08. The molecule has 106 valence electrons. The van der Waals surface area contributed by atoms with Gasteiger partial charge in [-0.2, -0.15) is 0 Å². The van der Waals surface area contributed by atoms with Crippen LogP contribution < -0.4 is 5.32 Å². The van der Waals surface area contributed by atoms with Gasteiger partial charge in [0.2, 0.25) is 0 Å². The average molecular weight is 302 g/mol. The Morgan fingerprint density at radius 2 is 1.95 bits per heavy atom.